The minimum atomic E-state index is -4.50. The number of amidine groups is 1. The van der Waals surface area contributed by atoms with Crippen molar-refractivity contribution in [3.63, 3.8) is 0 Å². The number of aliphatic imine (C=N–C) groups is 1. The molecular weight excluding hydrogens is 452 g/mol. The first-order valence-corrected chi connectivity index (χ1v) is 12.5. The highest BCUT2D eigenvalue weighted by atomic mass is 32.2. The summed E-state index contributed by atoms with van der Waals surface area (Å²) < 4.78 is 54.1. The summed E-state index contributed by atoms with van der Waals surface area (Å²) >= 11 is 5.30. The number of nitrogens with two attached hydrogens (primary N) is 1. The summed E-state index contributed by atoms with van der Waals surface area (Å²) in [7, 11) is -8.70. The number of primary sulfonamides is 1. The van der Waals surface area contributed by atoms with E-state index < -0.39 is 29.8 Å². The third-order valence-electron chi connectivity index (χ3n) is 4.88. The van der Waals surface area contributed by atoms with E-state index in [1.807, 2.05) is 0 Å². The van der Waals surface area contributed by atoms with Crippen molar-refractivity contribution in [1.29, 1.82) is 0 Å². The highest BCUT2D eigenvalue weighted by molar-refractivity contribution is 7.92. The van der Waals surface area contributed by atoms with Gasteiger partial charge in [-0.15, -0.1) is 5.11 Å². The lowest BCUT2D eigenvalue weighted by molar-refractivity contribution is 0.555. The van der Waals surface area contributed by atoms with Crippen LogP contribution in [-0.4, -0.2) is 66.7 Å². The van der Waals surface area contributed by atoms with Crippen LogP contribution in [-0.2, 0) is 20.0 Å². The summed E-state index contributed by atoms with van der Waals surface area (Å²) in [5.74, 6) is -0.0108. The van der Waals surface area contributed by atoms with E-state index in [1.165, 1.54) is 12.1 Å². The second kappa shape index (κ2) is 7.90. The fraction of sp³-hybridized carbons (Fsp3) is 0.467. The maximum absolute atomic E-state index is 13.1. The van der Waals surface area contributed by atoms with Gasteiger partial charge < -0.3 is 15.5 Å². The number of thiocarbonyl (C=S) groups is 1. The van der Waals surface area contributed by atoms with Gasteiger partial charge in [0.15, 0.2) is 17.6 Å². The van der Waals surface area contributed by atoms with Crippen LogP contribution in [0, 0.1) is 0 Å². The fourth-order valence-corrected chi connectivity index (χ4v) is 6.74. The molecule has 0 bridgehead atoms. The van der Waals surface area contributed by atoms with Crippen molar-refractivity contribution in [3.8, 4) is 0 Å². The van der Waals surface area contributed by atoms with Crippen molar-refractivity contribution >= 4 is 48.9 Å². The zero-order valence-electron chi connectivity index (χ0n) is 15.7. The minimum absolute atomic E-state index is 0.00446. The number of hydrogen-bond donors (Lipinski definition) is 4. The minimum Gasteiger partial charge on any atom is -0.360 e. The Kier molecular flexibility index (Phi) is 5.58. The maximum atomic E-state index is 13.1. The molecule has 0 radical (unpaired) electrons. The summed E-state index contributed by atoms with van der Waals surface area (Å²) in [5.41, 5.74) is 0.312. The first-order chi connectivity index (χ1) is 14.2. The SMILES string of the molecule is NS(=O)(=O)c1c(S(=O)(=O)N[C@@H]2CCNC2)ccc(N2CCNC2=S)c1C1=NCN=N1. The van der Waals surface area contributed by atoms with Gasteiger partial charge >= 0.3 is 0 Å². The van der Waals surface area contributed by atoms with Gasteiger partial charge in [-0.1, -0.05) is 0 Å². The van der Waals surface area contributed by atoms with E-state index in [9.17, 15) is 16.8 Å². The number of sulfonamides is 2. The molecule has 0 unspecified atom stereocenters. The largest absolute Gasteiger partial charge is 0.360 e. The second-order valence-electron chi connectivity index (χ2n) is 6.89. The van der Waals surface area contributed by atoms with Gasteiger partial charge in [-0.05, 0) is 37.3 Å². The van der Waals surface area contributed by atoms with E-state index in [0.29, 0.717) is 43.4 Å². The molecule has 15 heteroatoms. The van der Waals surface area contributed by atoms with Gasteiger partial charge in [0.1, 0.15) is 9.79 Å². The third-order valence-corrected chi connectivity index (χ3v) is 7.93. The van der Waals surface area contributed by atoms with Gasteiger partial charge in [0.05, 0.1) is 11.3 Å². The number of nitrogens with one attached hydrogen (secondary N) is 3. The average Bonchev–Trinajstić information content (AvgIpc) is 3.42. The Morgan fingerprint density at radius 3 is 2.60 bits per heavy atom. The van der Waals surface area contributed by atoms with Gasteiger partial charge in [0.2, 0.25) is 20.0 Å². The molecule has 5 N–H and O–H groups in total. The van der Waals surface area contributed by atoms with Gasteiger partial charge in [0, 0.05) is 25.7 Å². The highest BCUT2D eigenvalue weighted by Gasteiger charge is 2.36. The third kappa shape index (κ3) is 3.95. The zero-order valence-corrected chi connectivity index (χ0v) is 18.1. The van der Waals surface area contributed by atoms with Crippen molar-refractivity contribution in [2.24, 2.45) is 20.4 Å². The Morgan fingerprint density at radius 1 is 1.23 bits per heavy atom. The first-order valence-electron chi connectivity index (χ1n) is 9.09. The monoisotopic (exact) mass is 472 g/mol. The number of nitrogens with zero attached hydrogens (tertiary/aromatic N) is 4. The molecule has 3 heterocycles. The van der Waals surface area contributed by atoms with Gasteiger partial charge in [-0.3, -0.25) is 0 Å². The summed E-state index contributed by atoms with van der Waals surface area (Å²) in [5, 5.41) is 19.6. The second-order valence-corrected chi connectivity index (χ2v) is 10.5. The van der Waals surface area contributed by atoms with Crippen molar-refractivity contribution in [2.75, 3.05) is 37.7 Å². The number of benzene rings is 1. The van der Waals surface area contributed by atoms with Crippen molar-refractivity contribution in [3.05, 3.63) is 17.7 Å². The predicted molar refractivity (Wildman–Crippen MR) is 114 cm³/mol. The number of anilines is 1. The zero-order chi connectivity index (χ0) is 21.5. The average molecular weight is 473 g/mol. The smallest absolute Gasteiger partial charge is 0.242 e. The molecule has 2 saturated heterocycles. The van der Waals surface area contributed by atoms with E-state index in [-0.39, 0.29) is 24.1 Å². The van der Waals surface area contributed by atoms with Crippen LogP contribution in [0.2, 0.25) is 0 Å². The lowest BCUT2D eigenvalue weighted by Gasteiger charge is -2.23. The molecule has 2 fully saturated rings. The van der Waals surface area contributed by atoms with E-state index in [0.717, 1.165) is 0 Å². The molecule has 1 aromatic carbocycles. The Bertz CT molecular complexity index is 1160. The van der Waals surface area contributed by atoms with Crippen LogP contribution >= 0.6 is 12.2 Å². The normalized spacial score (nSPS) is 21.9. The standard InChI is InChI=1S/C15H20N8O4S3/c16-29(24,25)13-11(30(26,27)22-9-3-4-17-7-9)2-1-10(23-6-5-18-15(23)28)12(13)14-19-8-20-21-14/h1-2,9,17,22H,3-8H2,(H,18,28)(H2,16,24,25)/t9-/m1/s1. The van der Waals surface area contributed by atoms with Gasteiger partial charge in [0.25, 0.3) is 0 Å². The molecule has 3 aliphatic heterocycles. The Hall–Kier alpha value is -2.04. The van der Waals surface area contributed by atoms with Gasteiger partial charge in [-0.2, -0.15) is 5.11 Å². The van der Waals surface area contributed by atoms with Crippen LogP contribution in [0.25, 0.3) is 0 Å². The van der Waals surface area contributed by atoms with E-state index >= 15 is 0 Å². The van der Waals surface area contributed by atoms with Crippen LogP contribution in [0.1, 0.15) is 12.0 Å². The molecule has 1 aromatic rings. The Morgan fingerprint density at radius 2 is 2.03 bits per heavy atom. The van der Waals surface area contributed by atoms with Crippen molar-refractivity contribution in [1.82, 2.24) is 15.4 Å². The number of azo groups is 1. The molecule has 30 heavy (non-hydrogen) atoms. The van der Waals surface area contributed by atoms with Crippen LogP contribution in [0.3, 0.4) is 0 Å². The fourth-order valence-electron chi connectivity index (χ4n) is 3.59. The molecule has 1 atom stereocenters. The van der Waals surface area contributed by atoms with Gasteiger partial charge in [-0.25, -0.2) is 31.7 Å². The quantitative estimate of drug-likeness (QED) is 0.376. The summed E-state index contributed by atoms with van der Waals surface area (Å²) in [6.45, 7) is 2.12. The van der Waals surface area contributed by atoms with E-state index in [4.69, 9.17) is 17.4 Å². The lowest BCUT2D eigenvalue weighted by Crippen LogP contribution is -2.38. The Labute approximate surface area is 179 Å². The van der Waals surface area contributed by atoms with Crippen LogP contribution in [0.15, 0.2) is 37.1 Å². The molecule has 0 aromatic heterocycles. The molecule has 12 nitrogen and oxygen atoms in total. The highest BCUT2D eigenvalue weighted by Crippen LogP contribution is 2.35. The molecule has 3 aliphatic rings. The topological polar surface area (TPSA) is 171 Å². The van der Waals surface area contributed by atoms with Crippen LogP contribution in [0.4, 0.5) is 5.69 Å². The first kappa shape index (κ1) is 21.2. The summed E-state index contributed by atoms with van der Waals surface area (Å²) in [6, 6.07) is 2.35. The molecule has 162 valence electrons. The molecule has 0 saturated carbocycles. The predicted octanol–water partition coefficient (Wildman–Crippen LogP) is -1.16. The van der Waals surface area contributed by atoms with Crippen molar-refractivity contribution < 1.29 is 16.8 Å². The molecule has 0 aliphatic carbocycles. The lowest BCUT2D eigenvalue weighted by atomic mass is 10.1. The van der Waals surface area contributed by atoms with Crippen molar-refractivity contribution in [2.45, 2.75) is 22.3 Å². The molecular formula is C15H20N8O4S3. The summed E-state index contributed by atoms with van der Waals surface area (Å²) in [4.78, 5) is 4.73. The van der Waals surface area contributed by atoms with E-state index in [2.05, 4.69) is 30.6 Å². The molecule has 4 rings (SSSR count). The van der Waals surface area contributed by atoms with Crippen LogP contribution < -0.4 is 25.4 Å². The number of rotatable bonds is 6. The molecule has 0 amide bonds. The van der Waals surface area contributed by atoms with E-state index in [1.54, 1.807) is 4.90 Å². The Balaban J connectivity index is 1.95. The number of hydrogen-bond acceptors (Lipinski definition) is 9. The van der Waals surface area contributed by atoms with Crippen LogP contribution in [0.5, 0.6) is 0 Å². The molecule has 0 spiro atoms. The maximum Gasteiger partial charge on any atom is 0.242 e. The summed E-state index contributed by atoms with van der Waals surface area (Å²) in [6.07, 6.45) is 0.587.